The number of anilines is 3. The smallest absolute Gasteiger partial charge is 0.405 e. The lowest BCUT2D eigenvalue weighted by molar-refractivity contribution is -0.123. The van der Waals surface area contributed by atoms with Crippen LogP contribution in [0.4, 0.5) is 34.6 Å². The molecule has 2 aromatic rings. The van der Waals surface area contributed by atoms with Crippen LogP contribution in [0.25, 0.3) is 0 Å². The lowest BCUT2D eigenvalue weighted by Crippen LogP contribution is -2.33. The van der Waals surface area contributed by atoms with E-state index in [-0.39, 0.29) is 35.0 Å². The maximum atomic E-state index is 14.2. The number of rotatable bonds is 8. The van der Waals surface area contributed by atoms with Crippen molar-refractivity contribution in [2.24, 2.45) is 0 Å². The zero-order valence-electron chi connectivity index (χ0n) is 17.9. The first-order valence-corrected chi connectivity index (χ1v) is 9.54. The van der Waals surface area contributed by atoms with Crippen LogP contribution in [0.5, 0.6) is 5.75 Å². The first-order chi connectivity index (χ1) is 15.4. The van der Waals surface area contributed by atoms with E-state index in [9.17, 15) is 31.9 Å². The van der Waals surface area contributed by atoms with Crippen LogP contribution < -0.4 is 26.0 Å². The number of alkyl halides is 3. The van der Waals surface area contributed by atoms with Gasteiger partial charge in [0.2, 0.25) is 11.8 Å². The minimum absolute atomic E-state index is 0.0567. The fourth-order valence-corrected chi connectivity index (χ4v) is 2.73. The number of hydrogen-bond acceptors (Lipinski definition) is 5. The van der Waals surface area contributed by atoms with Crippen molar-refractivity contribution in [3.05, 3.63) is 47.3 Å². The van der Waals surface area contributed by atoms with Gasteiger partial charge in [-0.3, -0.25) is 14.4 Å². The van der Waals surface area contributed by atoms with Crippen LogP contribution in [0.2, 0.25) is 0 Å². The van der Waals surface area contributed by atoms with E-state index < -0.39 is 30.4 Å². The molecule has 8 nitrogen and oxygen atoms in total. The van der Waals surface area contributed by atoms with E-state index >= 15 is 0 Å². The molecular weight excluding hydrogens is 448 g/mol. The Balaban J connectivity index is 2.11. The third-order valence-corrected chi connectivity index (χ3v) is 4.29. The van der Waals surface area contributed by atoms with Gasteiger partial charge in [0.25, 0.3) is 5.91 Å². The van der Waals surface area contributed by atoms with E-state index in [1.165, 1.54) is 33.1 Å². The molecular formula is C21H22F4N4O4. The van der Waals surface area contributed by atoms with Gasteiger partial charge < -0.3 is 26.0 Å². The zero-order chi connectivity index (χ0) is 24.8. The van der Waals surface area contributed by atoms with Gasteiger partial charge in [-0.15, -0.1) is 0 Å². The summed E-state index contributed by atoms with van der Waals surface area (Å²) in [5.41, 5.74) is 0.470. The van der Waals surface area contributed by atoms with Crippen molar-refractivity contribution in [3.8, 4) is 5.75 Å². The number of halogens is 4. The molecule has 0 saturated heterocycles. The third-order valence-electron chi connectivity index (χ3n) is 4.29. The van der Waals surface area contributed by atoms with E-state index in [4.69, 9.17) is 4.74 Å². The third kappa shape index (κ3) is 7.66. The first kappa shape index (κ1) is 25.4. The summed E-state index contributed by atoms with van der Waals surface area (Å²) in [6.07, 6.45) is -4.61. The Hall–Kier alpha value is -3.83. The quantitative estimate of drug-likeness (QED) is 0.442. The molecule has 0 aromatic heterocycles. The molecule has 0 bridgehead atoms. The second-order valence-corrected chi connectivity index (χ2v) is 6.93. The molecule has 12 heteroatoms. The number of ether oxygens (including phenoxy) is 1. The standard InChI is InChI=1S/C21H22F4N4O4/c1-11-15(22)6-13(20(32)27-10-21(23,24)25)7-16(11)26-9-19(31)29-17-8-14(28-12(2)30)4-5-18(17)33-3/h4-8,26H,9-10H2,1-3H3,(H,27,32)(H,28,30)(H,29,31). The molecule has 2 aromatic carbocycles. The highest BCUT2D eigenvalue weighted by molar-refractivity contribution is 5.98. The van der Waals surface area contributed by atoms with Crippen molar-refractivity contribution in [1.82, 2.24) is 5.32 Å². The Morgan fingerprint density at radius 3 is 2.33 bits per heavy atom. The van der Waals surface area contributed by atoms with Gasteiger partial charge in [-0.2, -0.15) is 13.2 Å². The summed E-state index contributed by atoms with van der Waals surface area (Å²) in [5.74, 6) is -2.50. The minimum atomic E-state index is -4.61. The molecule has 33 heavy (non-hydrogen) atoms. The van der Waals surface area contributed by atoms with Crippen molar-refractivity contribution in [1.29, 1.82) is 0 Å². The minimum Gasteiger partial charge on any atom is -0.495 e. The predicted molar refractivity (Wildman–Crippen MR) is 114 cm³/mol. The van der Waals surface area contributed by atoms with E-state index in [1.54, 1.807) is 11.4 Å². The summed E-state index contributed by atoms with van der Waals surface area (Å²) in [5, 5.41) is 9.47. The van der Waals surface area contributed by atoms with Gasteiger partial charge in [0.05, 0.1) is 19.3 Å². The molecule has 0 spiro atoms. The van der Waals surface area contributed by atoms with Gasteiger partial charge in [0, 0.05) is 29.4 Å². The Bertz CT molecular complexity index is 1060. The Morgan fingerprint density at radius 1 is 1.03 bits per heavy atom. The molecule has 2 rings (SSSR count). The normalized spacial score (nSPS) is 10.9. The van der Waals surface area contributed by atoms with Crippen molar-refractivity contribution in [3.63, 3.8) is 0 Å². The summed E-state index contributed by atoms with van der Waals surface area (Å²) in [7, 11) is 1.39. The van der Waals surface area contributed by atoms with E-state index in [0.717, 1.165) is 12.1 Å². The molecule has 0 aliphatic heterocycles. The van der Waals surface area contributed by atoms with Crippen molar-refractivity contribution in [2.45, 2.75) is 20.0 Å². The highest BCUT2D eigenvalue weighted by atomic mass is 19.4. The van der Waals surface area contributed by atoms with Crippen LogP contribution in [-0.4, -0.2) is 44.1 Å². The van der Waals surface area contributed by atoms with E-state index in [1.807, 2.05) is 0 Å². The van der Waals surface area contributed by atoms with Gasteiger partial charge in [-0.1, -0.05) is 0 Å². The lowest BCUT2D eigenvalue weighted by atomic mass is 10.1. The number of carbonyl (C=O) groups excluding carboxylic acids is 3. The Labute approximate surface area is 186 Å². The highest BCUT2D eigenvalue weighted by Gasteiger charge is 2.28. The van der Waals surface area contributed by atoms with Crippen LogP contribution in [0.15, 0.2) is 30.3 Å². The maximum Gasteiger partial charge on any atom is 0.405 e. The highest BCUT2D eigenvalue weighted by Crippen LogP contribution is 2.28. The van der Waals surface area contributed by atoms with Crippen LogP contribution in [-0.2, 0) is 9.59 Å². The van der Waals surface area contributed by atoms with Crippen LogP contribution in [0, 0.1) is 12.7 Å². The molecule has 0 aliphatic rings. The van der Waals surface area contributed by atoms with Crippen LogP contribution in [0.3, 0.4) is 0 Å². The molecule has 0 heterocycles. The molecule has 0 aliphatic carbocycles. The monoisotopic (exact) mass is 470 g/mol. The molecule has 3 amide bonds. The predicted octanol–water partition coefficient (Wildman–Crippen LogP) is 3.44. The summed E-state index contributed by atoms with van der Waals surface area (Å²) in [4.78, 5) is 35.6. The molecule has 178 valence electrons. The first-order valence-electron chi connectivity index (χ1n) is 9.54. The maximum absolute atomic E-state index is 14.2. The second kappa shape index (κ2) is 10.7. The van der Waals surface area contributed by atoms with Crippen molar-refractivity contribution < 1.29 is 36.7 Å². The topological polar surface area (TPSA) is 109 Å². The van der Waals surface area contributed by atoms with Gasteiger partial charge in [0.1, 0.15) is 18.1 Å². The average Bonchev–Trinajstić information content (AvgIpc) is 2.72. The number of methoxy groups -OCH3 is 1. The SMILES string of the molecule is COc1ccc(NC(C)=O)cc1NC(=O)CNc1cc(C(=O)NCC(F)(F)F)cc(F)c1C. The summed E-state index contributed by atoms with van der Waals surface area (Å²) >= 11 is 0. The van der Waals surface area contributed by atoms with Gasteiger partial charge in [-0.25, -0.2) is 4.39 Å². The van der Waals surface area contributed by atoms with Crippen LogP contribution in [0.1, 0.15) is 22.8 Å². The number of carbonyl (C=O) groups is 3. The largest absolute Gasteiger partial charge is 0.495 e. The summed E-state index contributed by atoms with van der Waals surface area (Å²) < 4.78 is 56.3. The molecule has 0 radical (unpaired) electrons. The second-order valence-electron chi connectivity index (χ2n) is 6.93. The molecule has 0 unspecified atom stereocenters. The van der Waals surface area contributed by atoms with Crippen LogP contribution >= 0.6 is 0 Å². The van der Waals surface area contributed by atoms with Gasteiger partial charge in [0.15, 0.2) is 0 Å². The number of amides is 3. The molecule has 4 N–H and O–H groups in total. The molecule has 0 saturated carbocycles. The van der Waals surface area contributed by atoms with Gasteiger partial charge >= 0.3 is 6.18 Å². The van der Waals surface area contributed by atoms with Gasteiger partial charge in [-0.05, 0) is 37.3 Å². The van der Waals surface area contributed by atoms with Crippen molar-refractivity contribution >= 4 is 34.8 Å². The molecule has 0 fully saturated rings. The molecule has 0 atom stereocenters. The van der Waals surface area contributed by atoms with E-state index in [2.05, 4.69) is 16.0 Å². The Morgan fingerprint density at radius 2 is 1.73 bits per heavy atom. The van der Waals surface area contributed by atoms with Crippen molar-refractivity contribution in [2.75, 3.05) is 36.1 Å². The zero-order valence-corrected chi connectivity index (χ0v) is 17.9. The number of benzene rings is 2. The number of hydrogen-bond donors (Lipinski definition) is 4. The number of nitrogens with one attached hydrogen (secondary N) is 4. The van der Waals surface area contributed by atoms with E-state index in [0.29, 0.717) is 11.4 Å². The Kier molecular flexibility index (Phi) is 8.21. The fraction of sp³-hybridized carbons (Fsp3) is 0.286. The lowest BCUT2D eigenvalue weighted by Gasteiger charge is -2.15. The fourth-order valence-electron chi connectivity index (χ4n) is 2.73. The summed E-state index contributed by atoms with van der Waals surface area (Å²) in [6.45, 7) is 0.783. The summed E-state index contributed by atoms with van der Waals surface area (Å²) in [6, 6.07) is 6.56. The average molecular weight is 470 g/mol.